The van der Waals surface area contributed by atoms with Gasteiger partial charge in [-0.3, -0.25) is 4.98 Å². The summed E-state index contributed by atoms with van der Waals surface area (Å²) in [5.41, 5.74) is 0.198. The number of aromatic nitrogens is 1. The van der Waals surface area contributed by atoms with Crippen molar-refractivity contribution in [3.05, 3.63) is 21.0 Å². The van der Waals surface area contributed by atoms with E-state index in [4.69, 9.17) is 16.3 Å². The number of alkyl halides is 3. The van der Waals surface area contributed by atoms with Crippen LogP contribution in [0.2, 0.25) is 0 Å². The molecule has 14 heavy (non-hydrogen) atoms. The first-order valence-electron chi connectivity index (χ1n) is 3.67. The van der Waals surface area contributed by atoms with Crippen molar-refractivity contribution in [2.24, 2.45) is 0 Å². The number of halogens is 4. The van der Waals surface area contributed by atoms with Crippen LogP contribution in [0.3, 0.4) is 0 Å². The van der Waals surface area contributed by atoms with Gasteiger partial charge in [-0.25, -0.2) is 8.78 Å². The fraction of sp³-hybridized carbons (Fsp3) is 0.375. The Balaban J connectivity index is 3.33. The first-order chi connectivity index (χ1) is 6.61. The topological polar surface area (TPSA) is 22.1 Å². The van der Waals surface area contributed by atoms with E-state index in [-0.39, 0.29) is 17.3 Å². The summed E-state index contributed by atoms with van der Waals surface area (Å²) < 4.78 is 30.5. The molecule has 0 amide bonds. The van der Waals surface area contributed by atoms with Gasteiger partial charge in [-0.1, -0.05) is 0 Å². The molecule has 0 fully saturated rings. The zero-order valence-electron chi connectivity index (χ0n) is 7.23. The quantitative estimate of drug-likeness (QED) is 0.625. The van der Waals surface area contributed by atoms with Gasteiger partial charge in [0.05, 0.1) is 13.0 Å². The summed E-state index contributed by atoms with van der Waals surface area (Å²) in [4.78, 5) is 3.62. The molecule has 0 bridgehead atoms. The minimum Gasteiger partial charge on any atom is -0.494 e. The van der Waals surface area contributed by atoms with Gasteiger partial charge in [0, 0.05) is 15.3 Å². The Hall–Kier alpha value is -0.170. The lowest BCUT2D eigenvalue weighted by Crippen LogP contribution is -2.02. The van der Waals surface area contributed by atoms with Crippen LogP contribution in [-0.2, 0) is 5.88 Å². The zero-order chi connectivity index (χ0) is 10.7. The summed E-state index contributed by atoms with van der Waals surface area (Å²) in [6.07, 6.45) is -1.29. The van der Waals surface area contributed by atoms with Gasteiger partial charge in [0.1, 0.15) is 5.69 Å². The molecule has 1 aromatic heterocycles. The van der Waals surface area contributed by atoms with Crippen molar-refractivity contribution in [2.45, 2.75) is 12.3 Å². The Bertz CT molecular complexity index is 335. The van der Waals surface area contributed by atoms with Crippen molar-refractivity contribution >= 4 is 34.2 Å². The number of ether oxygens (including phenoxy) is 1. The van der Waals surface area contributed by atoms with E-state index < -0.39 is 6.43 Å². The second-order valence-electron chi connectivity index (χ2n) is 2.44. The summed E-state index contributed by atoms with van der Waals surface area (Å²) in [5, 5.41) is 0. The van der Waals surface area contributed by atoms with Crippen LogP contribution in [-0.4, -0.2) is 12.1 Å². The lowest BCUT2D eigenvalue weighted by atomic mass is 10.2. The second kappa shape index (κ2) is 5.06. The van der Waals surface area contributed by atoms with E-state index in [0.29, 0.717) is 5.56 Å². The molecule has 6 heteroatoms. The van der Waals surface area contributed by atoms with E-state index >= 15 is 0 Å². The SMILES string of the molecule is COc1c(C(F)F)ncc(I)c1CCl. The van der Waals surface area contributed by atoms with Crippen LogP contribution in [0, 0.1) is 3.57 Å². The molecule has 0 aliphatic rings. The predicted octanol–water partition coefficient (Wildman–Crippen LogP) is 3.37. The third-order valence-corrected chi connectivity index (χ3v) is 2.85. The van der Waals surface area contributed by atoms with Crippen molar-refractivity contribution in [3.63, 3.8) is 0 Å². The summed E-state index contributed by atoms with van der Waals surface area (Å²) in [6.45, 7) is 0. The van der Waals surface area contributed by atoms with E-state index in [9.17, 15) is 8.78 Å². The Morgan fingerprint density at radius 2 is 2.29 bits per heavy atom. The van der Waals surface area contributed by atoms with Crippen molar-refractivity contribution in [2.75, 3.05) is 7.11 Å². The first-order valence-corrected chi connectivity index (χ1v) is 5.28. The van der Waals surface area contributed by atoms with Crippen molar-refractivity contribution < 1.29 is 13.5 Å². The summed E-state index contributed by atoms with van der Waals surface area (Å²) in [5.74, 6) is 0.214. The Morgan fingerprint density at radius 3 is 2.71 bits per heavy atom. The van der Waals surface area contributed by atoms with Gasteiger partial charge in [-0.05, 0) is 22.6 Å². The molecule has 1 aromatic rings. The summed E-state index contributed by atoms with van der Waals surface area (Å²) in [7, 11) is 1.33. The van der Waals surface area contributed by atoms with Crippen molar-refractivity contribution in [1.82, 2.24) is 4.98 Å². The monoisotopic (exact) mass is 333 g/mol. The van der Waals surface area contributed by atoms with Crippen LogP contribution < -0.4 is 4.74 Å². The van der Waals surface area contributed by atoms with Gasteiger partial charge in [0.15, 0.2) is 5.75 Å². The minimum atomic E-state index is -2.65. The first kappa shape index (κ1) is 11.9. The largest absolute Gasteiger partial charge is 0.494 e. The fourth-order valence-corrected chi connectivity index (χ4v) is 2.10. The van der Waals surface area contributed by atoms with Gasteiger partial charge < -0.3 is 4.74 Å². The van der Waals surface area contributed by atoms with Crippen LogP contribution in [0.5, 0.6) is 5.75 Å². The Labute approximate surface area is 98.8 Å². The van der Waals surface area contributed by atoms with Crippen LogP contribution >= 0.6 is 34.2 Å². The molecule has 0 unspecified atom stereocenters. The predicted molar refractivity (Wildman–Crippen MR) is 58.0 cm³/mol. The van der Waals surface area contributed by atoms with E-state index in [2.05, 4.69) is 4.98 Å². The second-order valence-corrected chi connectivity index (χ2v) is 3.87. The molecule has 1 heterocycles. The van der Waals surface area contributed by atoms with Crippen LogP contribution in [0.15, 0.2) is 6.20 Å². The smallest absolute Gasteiger partial charge is 0.284 e. The highest BCUT2D eigenvalue weighted by molar-refractivity contribution is 14.1. The van der Waals surface area contributed by atoms with E-state index in [1.807, 2.05) is 22.6 Å². The van der Waals surface area contributed by atoms with Crippen LogP contribution in [0.4, 0.5) is 8.78 Å². The highest BCUT2D eigenvalue weighted by Gasteiger charge is 2.20. The average molecular weight is 334 g/mol. The molecule has 0 radical (unpaired) electrons. The van der Waals surface area contributed by atoms with E-state index in [1.165, 1.54) is 13.3 Å². The van der Waals surface area contributed by atoms with Crippen molar-refractivity contribution in [1.29, 1.82) is 0 Å². The van der Waals surface area contributed by atoms with Gasteiger partial charge in [0.25, 0.3) is 6.43 Å². The standard InChI is InChI=1S/C8H7ClF2INO/c1-14-7-4(2-9)5(12)3-13-6(7)8(10)11/h3,8H,2H2,1H3. The Kier molecular flexibility index (Phi) is 4.31. The van der Waals surface area contributed by atoms with E-state index in [0.717, 1.165) is 3.57 Å². The number of pyridine rings is 1. The molecule has 0 saturated carbocycles. The Morgan fingerprint density at radius 1 is 1.64 bits per heavy atom. The maximum atomic E-state index is 12.5. The molecule has 0 N–H and O–H groups in total. The average Bonchev–Trinajstić information content (AvgIpc) is 2.16. The van der Waals surface area contributed by atoms with Crippen LogP contribution in [0.25, 0.3) is 0 Å². The lowest BCUT2D eigenvalue weighted by molar-refractivity contribution is 0.141. The molecule has 0 atom stereocenters. The molecular weight excluding hydrogens is 326 g/mol. The molecular formula is C8H7ClF2INO. The highest BCUT2D eigenvalue weighted by Crippen LogP contribution is 2.33. The molecule has 2 nitrogen and oxygen atoms in total. The third kappa shape index (κ3) is 2.25. The normalized spacial score (nSPS) is 10.7. The third-order valence-electron chi connectivity index (χ3n) is 1.66. The molecule has 0 aromatic carbocycles. The fourth-order valence-electron chi connectivity index (χ4n) is 1.03. The molecule has 78 valence electrons. The number of rotatable bonds is 3. The zero-order valence-corrected chi connectivity index (χ0v) is 10.1. The van der Waals surface area contributed by atoms with E-state index in [1.54, 1.807) is 0 Å². The number of hydrogen-bond acceptors (Lipinski definition) is 2. The van der Waals surface area contributed by atoms with Gasteiger partial charge >= 0.3 is 0 Å². The number of nitrogens with zero attached hydrogens (tertiary/aromatic N) is 1. The molecule has 1 rings (SSSR count). The van der Waals surface area contributed by atoms with Gasteiger partial charge in [-0.15, -0.1) is 11.6 Å². The number of hydrogen-bond donors (Lipinski definition) is 0. The highest BCUT2D eigenvalue weighted by atomic mass is 127. The maximum Gasteiger partial charge on any atom is 0.284 e. The van der Waals surface area contributed by atoms with Crippen LogP contribution in [0.1, 0.15) is 17.7 Å². The van der Waals surface area contributed by atoms with Crippen molar-refractivity contribution in [3.8, 4) is 5.75 Å². The number of methoxy groups -OCH3 is 1. The van der Waals surface area contributed by atoms with Gasteiger partial charge in [-0.2, -0.15) is 0 Å². The maximum absolute atomic E-state index is 12.5. The molecule has 0 spiro atoms. The molecule has 0 aliphatic heterocycles. The summed E-state index contributed by atoms with van der Waals surface area (Å²) in [6, 6.07) is 0. The molecule has 0 saturated heterocycles. The molecule has 0 aliphatic carbocycles. The minimum absolute atomic E-state index is 0.0851. The lowest BCUT2D eigenvalue weighted by Gasteiger charge is -2.11. The van der Waals surface area contributed by atoms with Gasteiger partial charge in [0.2, 0.25) is 0 Å². The summed E-state index contributed by atoms with van der Waals surface area (Å²) >= 11 is 7.61.